The summed E-state index contributed by atoms with van der Waals surface area (Å²) in [5.74, 6) is 0. The van der Waals surface area contributed by atoms with Gasteiger partial charge in [0, 0.05) is 37.6 Å². The SMILES string of the molecule is CN1CCOC(Cn2ccc(C=O)c2)C1. The maximum Gasteiger partial charge on any atom is 0.151 e. The lowest BCUT2D eigenvalue weighted by Crippen LogP contribution is -2.41. The van der Waals surface area contributed by atoms with Crippen molar-refractivity contribution in [2.75, 3.05) is 26.7 Å². The second-order valence-corrected chi connectivity index (χ2v) is 4.01. The molecule has 0 radical (unpaired) electrons. The van der Waals surface area contributed by atoms with Crippen LogP contribution in [0.3, 0.4) is 0 Å². The van der Waals surface area contributed by atoms with E-state index in [1.807, 2.05) is 23.0 Å². The molecule has 0 spiro atoms. The van der Waals surface area contributed by atoms with E-state index in [2.05, 4.69) is 11.9 Å². The highest BCUT2D eigenvalue weighted by molar-refractivity contribution is 5.74. The van der Waals surface area contributed by atoms with Crippen molar-refractivity contribution in [2.45, 2.75) is 12.6 Å². The number of aldehydes is 1. The van der Waals surface area contributed by atoms with Gasteiger partial charge in [-0.2, -0.15) is 0 Å². The fourth-order valence-corrected chi connectivity index (χ4v) is 1.86. The van der Waals surface area contributed by atoms with E-state index in [1.54, 1.807) is 0 Å². The third-order valence-corrected chi connectivity index (χ3v) is 2.67. The van der Waals surface area contributed by atoms with E-state index in [0.29, 0.717) is 0 Å². The summed E-state index contributed by atoms with van der Waals surface area (Å²) in [6, 6.07) is 1.82. The summed E-state index contributed by atoms with van der Waals surface area (Å²) in [5, 5.41) is 0. The molecule has 4 nitrogen and oxygen atoms in total. The van der Waals surface area contributed by atoms with Crippen LogP contribution in [-0.4, -0.2) is 48.6 Å². The Morgan fingerprint density at radius 1 is 1.67 bits per heavy atom. The zero-order chi connectivity index (χ0) is 10.7. The molecule has 4 heteroatoms. The molecule has 1 unspecified atom stereocenters. The summed E-state index contributed by atoms with van der Waals surface area (Å²) < 4.78 is 7.65. The highest BCUT2D eigenvalue weighted by Gasteiger charge is 2.17. The maximum atomic E-state index is 10.5. The van der Waals surface area contributed by atoms with Gasteiger partial charge in [-0.1, -0.05) is 0 Å². The van der Waals surface area contributed by atoms with Crippen molar-refractivity contribution in [3.8, 4) is 0 Å². The van der Waals surface area contributed by atoms with Crippen LogP contribution in [-0.2, 0) is 11.3 Å². The zero-order valence-electron chi connectivity index (χ0n) is 8.93. The van der Waals surface area contributed by atoms with Crippen molar-refractivity contribution < 1.29 is 9.53 Å². The smallest absolute Gasteiger partial charge is 0.151 e. The van der Waals surface area contributed by atoms with E-state index >= 15 is 0 Å². The molecule has 0 aromatic carbocycles. The topological polar surface area (TPSA) is 34.5 Å². The van der Waals surface area contributed by atoms with Crippen molar-refractivity contribution >= 4 is 6.29 Å². The van der Waals surface area contributed by atoms with Gasteiger partial charge in [0.2, 0.25) is 0 Å². The molecule has 1 saturated heterocycles. The lowest BCUT2D eigenvalue weighted by molar-refractivity contribution is -0.0274. The number of hydrogen-bond donors (Lipinski definition) is 0. The fourth-order valence-electron chi connectivity index (χ4n) is 1.86. The Morgan fingerprint density at radius 3 is 3.20 bits per heavy atom. The van der Waals surface area contributed by atoms with Crippen LogP contribution in [0.4, 0.5) is 0 Å². The van der Waals surface area contributed by atoms with Gasteiger partial charge in [-0.3, -0.25) is 4.79 Å². The summed E-state index contributed by atoms with van der Waals surface area (Å²) >= 11 is 0. The van der Waals surface area contributed by atoms with Gasteiger partial charge in [0.15, 0.2) is 6.29 Å². The van der Waals surface area contributed by atoms with Crippen LogP contribution in [0, 0.1) is 0 Å². The number of morpholine rings is 1. The molecule has 0 saturated carbocycles. The second-order valence-electron chi connectivity index (χ2n) is 4.01. The third-order valence-electron chi connectivity index (χ3n) is 2.67. The fraction of sp³-hybridized carbons (Fsp3) is 0.545. The summed E-state index contributed by atoms with van der Waals surface area (Å²) in [4.78, 5) is 12.8. The molecule has 15 heavy (non-hydrogen) atoms. The molecule has 0 N–H and O–H groups in total. The molecular formula is C11H16N2O2. The minimum atomic E-state index is 0.232. The number of ether oxygens (including phenoxy) is 1. The number of nitrogens with zero attached hydrogens (tertiary/aromatic N) is 2. The highest BCUT2D eigenvalue weighted by Crippen LogP contribution is 2.07. The van der Waals surface area contributed by atoms with E-state index in [1.165, 1.54) is 0 Å². The molecule has 1 fully saturated rings. The molecule has 1 aromatic heterocycles. The first-order valence-corrected chi connectivity index (χ1v) is 5.19. The molecule has 0 amide bonds. The minimum Gasteiger partial charge on any atom is -0.374 e. The molecule has 1 atom stereocenters. The number of carbonyl (C=O) groups excluding carboxylic acids is 1. The Bertz CT molecular complexity index is 335. The monoisotopic (exact) mass is 208 g/mol. The van der Waals surface area contributed by atoms with E-state index in [4.69, 9.17) is 4.74 Å². The van der Waals surface area contributed by atoms with Crippen LogP contribution >= 0.6 is 0 Å². The predicted molar refractivity (Wildman–Crippen MR) is 57.1 cm³/mol. The van der Waals surface area contributed by atoms with Gasteiger partial charge in [0.25, 0.3) is 0 Å². The van der Waals surface area contributed by atoms with Crippen LogP contribution in [0.15, 0.2) is 18.5 Å². The van der Waals surface area contributed by atoms with Crippen molar-refractivity contribution in [3.63, 3.8) is 0 Å². The van der Waals surface area contributed by atoms with Gasteiger partial charge in [0.1, 0.15) is 0 Å². The third kappa shape index (κ3) is 2.67. The molecule has 2 heterocycles. The van der Waals surface area contributed by atoms with E-state index in [0.717, 1.165) is 38.1 Å². The molecule has 2 rings (SSSR count). The molecule has 1 aliphatic rings. The largest absolute Gasteiger partial charge is 0.374 e. The van der Waals surface area contributed by atoms with Crippen molar-refractivity contribution in [1.82, 2.24) is 9.47 Å². The number of likely N-dealkylation sites (N-methyl/N-ethyl adjacent to an activating group) is 1. The maximum absolute atomic E-state index is 10.5. The van der Waals surface area contributed by atoms with Gasteiger partial charge < -0.3 is 14.2 Å². The standard InChI is InChI=1S/C11H16N2O2/c1-12-4-5-15-11(7-12)8-13-3-2-10(6-13)9-14/h2-3,6,9,11H,4-5,7-8H2,1H3. The average molecular weight is 208 g/mol. The first-order valence-electron chi connectivity index (χ1n) is 5.19. The van der Waals surface area contributed by atoms with Gasteiger partial charge in [-0.25, -0.2) is 0 Å². The van der Waals surface area contributed by atoms with Gasteiger partial charge in [-0.15, -0.1) is 0 Å². The quantitative estimate of drug-likeness (QED) is 0.683. The first-order chi connectivity index (χ1) is 7.28. The van der Waals surface area contributed by atoms with Crippen molar-refractivity contribution in [1.29, 1.82) is 0 Å². The Balaban J connectivity index is 1.92. The minimum absolute atomic E-state index is 0.232. The van der Waals surface area contributed by atoms with E-state index < -0.39 is 0 Å². The van der Waals surface area contributed by atoms with Gasteiger partial charge >= 0.3 is 0 Å². The summed E-state index contributed by atoms with van der Waals surface area (Å²) in [5.41, 5.74) is 0.721. The normalized spacial score (nSPS) is 22.9. The van der Waals surface area contributed by atoms with Crippen LogP contribution < -0.4 is 0 Å². The number of rotatable bonds is 3. The van der Waals surface area contributed by atoms with Crippen LogP contribution in [0.5, 0.6) is 0 Å². The number of aromatic nitrogens is 1. The van der Waals surface area contributed by atoms with E-state index in [-0.39, 0.29) is 6.10 Å². The summed E-state index contributed by atoms with van der Waals surface area (Å²) in [6.45, 7) is 3.57. The Morgan fingerprint density at radius 2 is 2.53 bits per heavy atom. The number of carbonyl (C=O) groups is 1. The highest BCUT2D eigenvalue weighted by atomic mass is 16.5. The Kier molecular flexibility index (Phi) is 3.18. The van der Waals surface area contributed by atoms with Crippen molar-refractivity contribution in [3.05, 3.63) is 24.0 Å². The second kappa shape index (κ2) is 4.59. The molecule has 0 aliphatic carbocycles. The average Bonchev–Trinajstić information content (AvgIpc) is 2.65. The van der Waals surface area contributed by atoms with Crippen LogP contribution in [0.25, 0.3) is 0 Å². The Hall–Kier alpha value is -1.13. The molecule has 1 aliphatic heterocycles. The molecule has 0 bridgehead atoms. The summed E-state index contributed by atoms with van der Waals surface area (Å²) in [6.07, 6.45) is 4.87. The predicted octanol–water partition coefficient (Wildman–Crippen LogP) is 0.631. The molecule has 82 valence electrons. The Labute approximate surface area is 89.4 Å². The van der Waals surface area contributed by atoms with E-state index in [9.17, 15) is 4.79 Å². The van der Waals surface area contributed by atoms with Gasteiger partial charge in [-0.05, 0) is 13.1 Å². The van der Waals surface area contributed by atoms with Crippen molar-refractivity contribution in [2.24, 2.45) is 0 Å². The van der Waals surface area contributed by atoms with Crippen LogP contribution in [0.1, 0.15) is 10.4 Å². The molecular weight excluding hydrogens is 192 g/mol. The first kappa shape index (κ1) is 10.4. The number of hydrogen-bond acceptors (Lipinski definition) is 3. The lowest BCUT2D eigenvalue weighted by Gasteiger charge is -2.30. The molecule has 1 aromatic rings. The van der Waals surface area contributed by atoms with Gasteiger partial charge in [0.05, 0.1) is 12.7 Å². The summed E-state index contributed by atoms with van der Waals surface area (Å²) in [7, 11) is 2.10. The van der Waals surface area contributed by atoms with Crippen LogP contribution in [0.2, 0.25) is 0 Å². The zero-order valence-corrected chi connectivity index (χ0v) is 8.93. The lowest BCUT2D eigenvalue weighted by atomic mass is 10.3.